The molecule has 0 radical (unpaired) electrons. The second-order valence-corrected chi connectivity index (χ2v) is 8.24. The molecule has 146 valence electrons. The number of amides is 1. The van der Waals surface area contributed by atoms with Crippen LogP contribution in [0.5, 0.6) is 0 Å². The van der Waals surface area contributed by atoms with Crippen LogP contribution in [0, 0.1) is 11.3 Å². The molecule has 0 saturated carbocycles. The Morgan fingerprint density at radius 1 is 1.14 bits per heavy atom. The second kappa shape index (κ2) is 7.97. The van der Waals surface area contributed by atoms with Gasteiger partial charge in [-0.25, -0.2) is 0 Å². The average molecular weight is 377 g/mol. The highest BCUT2D eigenvalue weighted by molar-refractivity contribution is 5.79. The maximum atomic E-state index is 12.8. The lowest BCUT2D eigenvalue weighted by atomic mass is 9.97. The normalized spacial score (nSPS) is 16.1. The Labute approximate surface area is 166 Å². The van der Waals surface area contributed by atoms with E-state index in [1.54, 1.807) is 6.07 Å². The summed E-state index contributed by atoms with van der Waals surface area (Å²) in [6.45, 7) is 10.5. The summed E-state index contributed by atoms with van der Waals surface area (Å²) in [7, 11) is 0. The molecule has 1 aromatic heterocycles. The maximum absolute atomic E-state index is 12.8. The summed E-state index contributed by atoms with van der Waals surface area (Å²) in [6, 6.07) is 13.8. The summed E-state index contributed by atoms with van der Waals surface area (Å²) < 4.78 is 0. The highest BCUT2D eigenvalue weighted by Gasteiger charge is 2.36. The summed E-state index contributed by atoms with van der Waals surface area (Å²) in [5, 5.41) is 17.0. The fraction of sp³-hybridized carbons (Fsp3) is 0.455. The molecule has 1 saturated heterocycles. The van der Waals surface area contributed by atoms with Gasteiger partial charge >= 0.3 is 0 Å². The Kier molecular flexibility index (Phi) is 5.64. The Balaban J connectivity index is 1.65. The Morgan fingerprint density at radius 2 is 1.86 bits per heavy atom. The van der Waals surface area contributed by atoms with E-state index in [1.807, 2.05) is 17.0 Å². The summed E-state index contributed by atoms with van der Waals surface area (Å²) in [6.07, 6.45) is 0.422. The second-order valence-electron chi connectivity index (χ2n) is 8.24. The quantitative estimate of drug-likeness (QED) is 0.818. The van der Waals surface area contributed by atoms with Crippen LogP contribution in [0.4, 0.5) is 5.82 Å². The number of rotatable bonds is 4. The number of nitriles is 1. The van der Waals surface area contributed by atoms with E-state index in [-0.39, 0.29) is 11.4 Å². The molecule has 0 N–H and O–H groups in total. The smallest absolute Gasteiger partial charge is 0.227 e. The number of hydrogen-bond donors (Lipinski definition) is 0. The lowest BCUT2D eigenvalue weighted by Crippen LogP contribution is -2.61. The molecule has 3 rings (SSSR count). The summed E-state index contributed by atoms with van der Waals surface area (Å²) >= 11 is 0. The van der Waals surface area contributed by atoms with Gasteiger partial charge in [-0.05, 0) is 43.0 Å². The monoisotopic (exact) mass is 377 g/mol. The molecule has 0 bridgehead atoms. The van der Waals surface area contributed by atoms with E-state index < -0.39 is 0 Å². The molecule has 1 aliphatic rings. The zero-order valence-electron chi connectivity index (χ0n) is 17.0. The summed E-state index contributed by atoms with van der Waals surface area (Å²) in [5.74, 6) is 1.38. The van der Waals surface area contributed by atoms with Crippen molar-refractivity contribution in [2.45, 2.75) is 45.6 Å². The third-order valence-corrected chi connectivity index (χ3v) is 5.30. The zero-order chi connectivity index (χ0) is 20.3. The molecular formula is C22H27N5O. The molecule has 6 heteroatoms. The first-order valence-corrected chi connectivity index (χ1v) is 9.68. The molecule has 0 unspecified atom stereocenters. The van der Waals surface area contributed by atoms with E-state index >= 15 is 0 Å². The van der Waals surface area contributed by atoms with Crippen molar-refractivity contribution in [3.8, 4) is 6.07 Å². The van der Waals surface area contributed by atoms with Crippen LogP contribution in [0.3, 0.4) is 0 Å². The minimum absolute atomic E-state index is 0.149. The van der Waals surface area contributed by atoms with Crippen molar-refractivity contribution in [1.29, 1.82) is 5.26 Å². The molecule has 0 atom stereocenters. The minimum atomic E-state index is -0.266. The van der Waals surface area contributed by atoms with Crippen LogP contribution < -0.4 is 4.90 Å². The predicted molar refractivity (Wildman–Crippen MR) is 109 cm³/mol. The fourth-order valence-electron chi connectivity index (χ4n) is 3.63. The van der Waals surface area contributed by atoms with Crippen LogP contribution in [-0.4, -0.2) is 46.2 Å². The molecule has 0 spiro atoms. The molecule has 1 amide bonds. The molecule has 2 aromatic rings. The Bertz CT molecular complexity index is 865. The van der Waals surface area contributed by atoms with Crippen molar-refractivity contribution in [3.05, 3.63) is 53.2 Å². The summed E-state index contributed by atoms with van der Waals surface area (Å²) in [4.78, 5) is 16.9. The van der Waals surface area contributed by atoms with Crippen molar-refractivity contribution in [2.24, 2.45) is 0 Å². The van der Waals surface area contributed by atoms with Gasteiger partial charge in [0.1, 0.15) is 6.07 Å². The van der Waals surface area contributed by atoms with E-state index in [0.29, 0.717) is 37.7 Å². The lowest BCUT2D eigenvalue weighted by Gasteiger charge is -2.47. The SMILES string of the molecule is CC(C)c1ccc(CC(=O)N2CCN(c3ccc(C#N)nn3)C(C)(C)C2)cc1. The van der Waals surface area contributed by atoms with Crippen molar-refractivity contribution in [3.63, 3.8) is 0 Å². The molecule has 1 aliphatic heterocycles. The number of carbonyl (C=O) groups is 1. The molecule has 1 fully saturated rings. The largest absolute Gasteiger partial charge is 0.346 e. The number of anilines is 1. The van der Waals surface area contributed by atoms with E-state index in [1.165, 1.54) is 5.56 Å². The van der Waals surface area contributed by atoms with Crippen LogP contribution in [0.1, 0.15) is 50.4 Å². The van der Waals surface area contributed by atoms with E-state index in [2.05, 4.69) is 67.1 Å². The standard InChI is InChI=1S/C22H27N5O/c1-16(2)18-7-5-17(6-8-18)13-21(28)26-11-12-27(22(3,4)15-26)20-10-9-19(14-23)24-25-20/h5-10,16H,11-13,15H2,1-4H3. The third kappa shape index (κ3) is 4.30. The molecule has 2 heterocycles. The van der Waals surface area contributed by atoms with Gasteiger partial charge in [0.2, 0.25) is 5.91 Å². The minimum Gasteiger partial charge on any atom is -0.346 e. The molecule has 28 heavy (non-hydrogen) atoms. The first-order valence-electron chi connectivity index (χ1n) is 9.68. The number of aromatic nitrogens is 2. The van der Waals surface area contributed by atoms with Gasteiger partial charge in [0.05, 0.1) is 12.0 Å². The molecular weight excluding hydrogens is 350 g/mol. The van der Waals surface area contributed by atoms with Crippen molar-refractivity contribution >= 4 is 11.7 Å². The van der Waals surface area contributed by atoms with E-state index in [0.717, 1.165) is 11.4 Å². The Morgan fingerprint density at radius 3 is 2.39 bits per heavy atom. The average Bonchev–Trinajstić information content (AvgIpc) is 2.67. The highest BCUT2D eigenvalue weighted by Crippen LogP contribution is 2.26. The van der Waals surface area contributed by atoms with Gasteiger partial charge in [-0.2, -0.15) is 5.26 Å². The van der Waals surface area contributed by atoms with Crippen LogP contribution in [-0.2, 0) is 11.2 Å². The zero-order valence-corrected chi connectivity index (χ0v) is 17.0. The number of hydrogen-bond acceptors (Lipinski definition) is 5. The van der Waals surface area contributed by atoms with Gasteiger partial charge in [0.25, 0.3) is 0 Å². The number of carbonyl (C=O) groups excluding carboxylic acids is 1. The number of piperazine rings is 1. The number of nitrogens with zero attached hydrogens (tertiary/aromatic N) is 5. The molecule has 1 aromatic carbocycles. The van der Waals surface area contributed by atoms with Gasteiger partial charge < -0.3 is 9.80 Å². The predicted octanol–water partition coefficient (Wildman–Crippen LogP) is 3.14. The van der Waals surface area contributed by atoms with Crippen molar-refractivity contribution < 1.29 is 4.79 Å². The first-order chi connectivity index (χ1) is 13.3. The maximum Gasteiger partial charge on any atom is 0.227 e. The summed E-state index contributed by atoms with van der Waals surface area (Å²) in [5.41, 5.74) is 2.37. The Hall–Kier alpha value is -2.94. The third-order valence-electron chi connectivity index (χ3n) is 5.30. The van der Waals surface area contributed by atoms with Crippen molar-refractivity contribution in [2.75, 3.05) is 24.5 Å². The molecule has 0 aliphatic carbocycles. The topological polar surface area (TPSA) is 73.1 Å². The number of benzene rings is 1. The fourth-order valence-corrected chi connectivity index (χ4v) is 3.63. The van der Waals surface area contributed by atoms with E-state index in [4.69, 9.17) is 5.26 Å². The van der Waals surface area contributed by atoms with Gasteiger partial charge in [-0.3, -0.25) is 4.79 Å². The van der Waals surface area contributed by atoms with Crippen LogP contribution >= 0.6 is 0 Å². The van der Waals surface area contributed by atoms with Gasteiger partial charge in [-0.15, -0.1) is 10.2 Å². The van der Waals surface area contributed by atoms with E-state index in [9.17, 15) is 4.79 Å². The van der Waals surface area contributed by atoms with Crippen molar-refractivity contribution in [1.82, 2.24) is 15.1 Å². The van der Waals surface area contributed by atoms with Gasteiger partial charge in [0, 0.05) is 19.6 Å². The van der Waals surface area contributed by atoms with Crippen LogP contribution in [0.25, 0.3) is 0 Å². The molecule has 6 nitrogen and oxygen atoms in total. The highest BCUT2D eigenvalue weighted by atomic mass is 16.2. The first kappa shape index (κ1) is 19.8. The lowest BCUT2D eigenvalue weighted by molar-refractivity contribution is -0.132. The van der Waals surface area contributed by atoms with Crippen LogP contribution in [0.2, 0.25) is 0 Å². The van der Waals surface area contributed by atoms with Crippen LogP contribution in [0.15, 0.2) is 36.4 Å². The van der Waals surface area contributed by atoms with Gasteiger partial charge in [0.15, 0.2) is 11.5 Å². The van der Waals surface area contributed by atoms with Gasteiger partial charge in [-0.1, -0.05) is 38.1 Å².